The van der Waals surface area contributed by atoms with Crippen LogP contribution in [0.25, 0.3) is 0 Å². The molecule has 0 bridgehead atoms. The first-order chi connectivity index (χ1) is 13.2. The van der Waals surface area contributed by atoms with E-state index in [-0.39, 0.29) is 18.0 Å². The van der Waals surface area contributed by atoms with E-state index in [1.54, 1.807) is 12.1 Å². The van der Waals surface area contributed by atoms with Crippen LogP contribution < -0.4 is 4.74 Å². The normalized spacial score (nSPS) is 23.3. The summed E-state index contributed by atoms with van der Waals surface area (Å²) in [6.07, 6.45) is 2.51. The lowest BCUT2D eigenvalue weighted by Crippen LogP contribution is -2.35. The average Bonchev–Trinajstić information content (AvgIpc) is 3.27. The summed E-state index contributed by atoms with van der Waals surface area (Å²) in [4.78, 5) is 2.18. The van der Waals surface area contributed by atoms with Gasteiger partial charge in [-0.25, -0.2) is 4.39 Å². The maximum Gasteiger partial charge on any atom is 0.126 e. The molecule has 27 heavy (non-hydrogen) atoms. The van der Waals surface area contributed by atoms with E-state index in [4.69, 9.17) is 9.47 Å². The molecule has 1 aliphatic carbocycles. The van der Waals surface area contributed by atoms with Gasteiger partial charge in [-0.05, 0) is 42.5 Å². The predicted molar refractivity (Wildman–Crippen MR) is 101 cm³/mol. The third-order valence-electron chi connectivity index (χ3n) is 5.36. The third kappa shape index (κ3) is 4.67. The minimum Gasteiger partial charge on any atom is -0.489 e. The SMILES string of the molecule is OC(CO[C@@H]1CCc2ccccc21)CN1CC[C@H](Oc2cccc(F)c2)C1. The van der Waals surface area contributed by atoms with Crippen LogP contribution in [0.2, 0.25) is 0 Å². The van der Waals surface area contributed by atoms with Crippen molar-refractivity contribution in [3.8, 4) is 5.75 Å². The molecule has 4 rings (SSSR count). The highest BCUT2D eigenvalue weighted by molar-refractivity contribution is 5.33. The standard InChI is InChI=1S/C22H26FNO3/c23-17-5-3-6-19(12-17)27-20-10-11-24(14-20)13-18(25)15-26-22-9-8-16-4-1-2-7-21(16)22/h1-7,12,18,20,22,25H,8-11,13-15H2/t18?,20-,22+/m0/s1. The van der Waals surface area contributed by atoms with E-state index in [9.17, 15) is 9.50 Å². The van der Waals surface area contributed by atoms with Crippen molar-refractivity contribution in [2.24, 2.45) is 0 Å². The number of aryl methyl sites for hydroxylation is 1. The number of aliphatic hydroxyl groups excluding tert-OH is 1. The number of nitrogens with zero attached hydrogens (tertiary/aromatic N) is 1. The molecule has 0 aromatic heterocycles. The number of likely N-dealkylation sites (tertiary alicyclic amines) is 1. The van der Waals surface area contributed by atoms with Crippen LogP contribution in [0, 0.1) is 5.82 Å². The Morgan fingerprint density at radius 1 is 1.15 bits per heavy atom. The first-order valence-corrected chi connectivity index (χ1v) is 9.69. The van der Waals surface area contributed by atoms with E-state index in [0.29, 0.717) is 18.9 Å². The van der Waals surface area contributed by atoms with Crippen LogP contribution in [0.1, 0.15) is 30.1 Å². The minimum atomic E-state index is -0.523. The fourth-order valence-corrected chi connectivity index (χ4v) is 4.06. The van der Waals surface area contributed by atoms with Gasteiger partial charge >= 0.3 is 0 Å². The molecule has 144 valence electrons. The van der Waals surface area contributed by atoms with Gasteiger partial charge in [-0.3, -0.25) is 4.90 Å². The molecule has 2 aliphatic rings. The summed E-state index contributed by atoms with van der Waals surface area (Å²) in [7, 11) is 0. The number of β-amino-alcohol motifs (C(OH)–C–C–N with tert-alkyl or cyclic N) is 1. The molecule has 0 amide bonds. The Labute approximate surface area is 159 Å². The van der Waals surface area contributed by atoms with Crippen LogP contribution in [0.3, 0.4) is 0 Å². The quantitative estimate of drug-likeness (QED) is 0.811. The Bertz CT molecular complexity index is 769. The molecule has 1 unspecified atom stereocenters. The number of ether oxygens (including phenoxy) is 2. The smallest absolute Gasteiger partial charge is 0.126 e. The molecule has 1 heterocycles. The summed E-state index contributed by atoms with van der Waals surface area (Å²) in [5.41, 5.74) is 2.61. The highest BCUT2D eigenvalue weighted by Crippen LogP contribution is 2.33. The topological polar surface area (TPSA) is 41.9 Å². The molecule has 0 spiro atoms. The second-order valence-corrected chi connectivity index (χ2v) is 7.46. The Balaban J connectivity index is 1.21. The Morgan fingerprint density at radius 3 is 2.93 bits per heavy atom. The van der Waals surface area contributed by atoms with Gasteiger partial charge in [0.2, 0.25) is 0 Å². The third-order valence-corrected chi connectivity index (χ3v) is 5.36. The Hall–Kier alpha value is -1.95. The zero-order valence-corrected chi connectivity index (χ0v) is 15.4. The number of rotatable bonds is 7. The van der Waals surface area contributed by atoms with Crippen LogP contribution in [0.15, 0.2) is 48.5 Å². The van der Waals surface area contributed by atoms with Gasteiger partial charge in [0, 0.05) is 25.7 Å². The van der Waals surface area contributed by atoms with Crippen LogP contribution in [0.4, 0.5) is 4.39 Å². The van der Waals surface area contributed by atoms with Crippen LogP contribution >= 0.6 is 0 Å². The van der Waals surface area contributed by atoms with Gasteiger partial charge in [-0.1, -0.05) is 30.3 Å². The van der Waals surface area contributed by atoms with E-state index in [1.807, 2.05) is 6.07 Å². The summed E-state index contributed by atoms with van der Waals surface area (Å²) >= 11 is 0. The fraction of sp³-hybridized carbons (Fsp3) is 0.455. The fourth-order valence-electron chi connectivity index (χ4n) is 4.06. The molecule has 1 N–H and O–H groups in total. The molecule has 2 aromatic carbocycles. The highest BCUT2D eigenvalue weighted by atomic mass is 19.1. The largest absolute Gasteiger partial charge is 0.489 e. The van der Waals surface area contributed by atoms with Gasteiger partial charge in [-0.15, -0.1) is 0 Å². The summed E-state index contributed by atoms with van der Waals surface area (Å²) in [6, 6.07) is 14.6. The number of hydrogen-bond donors (Lipinski definition) is 1. The molecular weight excluding hydrogens is 345 g/mol. The number of hydrogen-bond acceptors (Lipinski definition) is 4. The van der Waals surface area contributed by atoms with Gasteiger partial charge in [0.25, 0.3) is 0 Å². The Kier molecular flexibility index (Phi) is 5.72. The van der Waals surface area contributed by atoms with Crippen LogP contribution in [-0.2, 0) is 11.2 Å². The van der Waals surface area contributed by atoms with E-state index in [0.717, 1.165) is 32.4 Å². The van der Waals surface area contributed by atoms with E-state index < -0.39 is 6.10 Å². The first-order valence-electron chi connectivity index (χ1n) is 9.69. The lowest BCUT2D eigenvalue weighted by Gasteiger charge is -2.22. The van der Waals surface area contributed by atoms with E-state index >= 15 is 0 Å². The number of halogens is 1. The van der Waals surface area contributed by atoms with Gasteiger partial charge in [0.05, 0.1) is 18.8 Å². The monoisotopic (exact) mass is 371 g/mol. The molecule has 3 atom stereocenters. The molecule has 2 aromatic rings. The average molecular weight is 371 g/mol. The lowest BCUT2D eigenvalue weighted by atomic mass is 10.1. The van der Waals surface area contributed by atoms with E-state index in [2.05, 4.69) is 23.1 Å². The second-order valence-electron chi connectivity index (χ2n) is 7.46. The van der Waals surface area contributed by atoms with Crippen molar-refractivity contribution in [2.75, 3.05) is 26.2 Å². The number of fused-ring (bicyclic) bond motifs is 1. The Morgan fingerprint density at radius 2 is 2.04 bits per heavy atom. The summed E-state index contributed by atoms with van der Waals surface area (Å²) in [5.74, 6) is 0.272. The van der Waals surface area contributed by atoms with Crippen molar-refractivity contribution in [1.82, 2.24) is 4.90 Å². The van der Waals surface area contributed by atoms with Crippen molar-refractivity contribution in [1.29, 1.82) is 0 Å². The predicted octanol–water partition coefficient (Wildman–Crippen LogP) is 3.34. The van der Waals surface area contributed by atoms with Crippen molar-refractivity contribution in [3.63, 3.8) is 0 Å². The molecule has 1 saturated heterocycles. The lowest BCUT2D eigenvalue weighted by molar-refractivity contribution is -0.0200. The van der Waals surface area contributed by atoms with Gasteiger partial charge < -0.3 is 14.6 Å². The molecule has 0 radical (unpaired) electrons. The minimum absolute atomic E-state index is 0.0293. The summed E-state index contributed by atoms with van der Waals surface area (Å²) < 4.78 is 25.1. The van der Waals surface area contributed by atoms with Crippen molar-refractivity contribution >= 4 is 0 Å². The van der Waals surface area contributed by atoms with Gasteiger partial charge in [0.1, 0.15) is 17.7 Å². The molecule has 1 fully saturated rings. The molecule has 5 heteroatoms. The maximum absolute atomic E-state index is 13.3. The first kappa shape index (κ1) is 18.4. The van der Waals surface area contributed by atoms with Crippen molar-refractivity contribution in [3.05, 3.63) is 65.5 Å². The number of benzene rings is 2. The van der Waals surface area contributed by atoms with Gasteiger partial charge in [-0.2, -0.15) is 0 Å². The number of aliphatic hydroxyl groups is 1. The molecule has 4 nitrogen and oxygen atoms in total. The zero-order valence-electron chi connectivity index (χ0n) is 15.4. The molecule has 0 saturated carbocycles. The zero-order chi connectivity index (χ0) is 18.6. The summed E-state index contributed by atoms with van der Waals surface area (Å²) in [5, 5.41) is 10.4. The van der Waals surface area contributed by atoms with Gasteiger partial charge in [0.15, 0.2) is 0 Å². The van der Waals surface area contributed by atoms with Crippen LogP contribution in [-0.4, -0.2) is 48.5 Å². The van der Waals surface area contributed by atoms with Crippen molar-refractivity contribution < 1.29 is 19.0 Å². The summed E-state index contributed by atoms with van der Waals surface area (Å²) in [6.45, 7) is 2.51. The second kappa shape index (κ2) is 8.38. The molecule has 1 aliphatic heterocycles. The maximum atomic E-state index is 13.3. The van der Waals surface area contributed by atoms with E-state index in [1.165, 1.54) is 23.3 Å². The van der Waals surface area contributed by atoms with Crippen molar-refractivity contribution in [2.45, 2.75) is 37.6 Å². The van der Waals surface area contributed by atoms with Crippen LogP contribution in [0.5, 0.6) is 5.75 Å². The highest BCUT2D eigenvalue weighted by Gasteiger charge is 2.27. The molecular formula is C22H26FNO3.